The van der Waals surface area contributed by atoms with Crippen molar-refractivity contribution in [3.63, 3.8) is 0 Å². The Labute approximate surface area is 399 Å². The molecule has 322 valence electrons. The average Bonchev–Trinajstić information content (AvgIpc) is 3.97. The van der Waals surface area contributed by atoms with Gasteiger partial charge in [0, 0.05) is 38.6 Å². The Hall–Kier alpha value is -9.18. The summed E-state index contributed by atoms with van der Waals surface area (Å²) < 4.78 is 9.04. The third-order valence-electron chi connectivity index (χ3n) is 14.2. The Bertz CT molecular complexity index is 4240. The normalized spacial score (nSPS) is 11.8. The first-order chi connectivity index (χ1) is 34.2. The molecule has 0 aliphatic rings. The number of aromatic nitrogens is 1. The van der Waals surface area contributed by atoms with Crippen LogP contribution in [-0.2, 0) is 0 Å². The van der Waals surface area contributed by atoms with Crippen molar-refractivity contribution < 1.29 is 4.42 Å². The summed E-state index contributed by atoms with van der Waals surface area (Å²) in [7, 11) is 0. The van der Waals surface area contributed by atoms with Gasteiger partial charge in [0.05, 0.1) is 16.7 Å². The van der Waals surface area contributed by atoms with E-state index in [1.54, 1.807) is 0 Å². The van der Waals surface area contributed by atoms with E-state index in [0.29, 0.717) is 0 Å². The van der Waals surface area contributed by atoms with Gasteiger partial charge in [-0.05, 0) is 138 Å². The average molecular weight is 879 g/mol. The zero-order valence-corrected chi connectivity index (χ0v) is 37.6. The second-order valence-electron chi connectivity index (χ2n) is 18.0. The summed E-state index contributed by atoms with van der Waals surface area (Å²) >= 11 is 0. The number of rotatable bonds is 7. The predicted molar refractivity (Wildman–Crippen MR) is 292 cm³/mol. The largest absolute Gasteiger partial charge is 0.454 e. The number of fused-ring (bicyclic) bond motifs is 12. The first-order valence-corrected chi connectivity index (χ1v) is 23.7. The second kappa shape index (κ2) is 15.7. The van der Waals surface area contributed by atoms with Gasteiger partial charge in [-0.1, -0.05) is 182 Å². The van der Waals surface area contributed by atoms with Crippen LogP contribution in [0.15, 0.2) is 259 Å². The number of para-hydroxylation sites is 3. The van der Waals surface area contributed by atoms with Gasteiger partial charge >= 0.3 is 0 Å². The van der Waals surface area contributed by atoms with Crippen LogP contribution in [0.4, 0.5) is 17.1 Å². The molecule has 0 fully saturated rings. The number of benzene rings is 12. The number of furan rings is 1. The number of anilines is 3. The molecule has 0 aliphatic heterocycles. The van der Waals surface area contributed by atoms with Crippen molar-refractivity contribution in [1.82, 2.24) is 4.57 Å². The molecule has 3 heteroatoms. The monoisotopic (exact) mass is 878 g/mol. The fourth-order valence-corrected chi connectivity index (χ4v) is 10.9. The molecule has 0 amide bonds. The summed E-state index contributed by atoms with van der Waals surface area (Å²) in [5.74, 6) is 0. The van der Waals surface area contributed by atoms with Crippen molar-refractivity contribution in [3.05, 3.63) is 255 Å². The van der Waals surface area contributed by atoms with E-state index in [0.717, 1.165) is 55.8 Å². The highest BCUT2D eigenvalue weighted by molar-refractivity contribution is 6.26. The topological polar surface area (TPSA) is 21.3 Å². The second-order valence-corrected chi connectivity index (χ2v) is 18.0. The first kappa shape index (κ1) is 39.0. The van der Waals surface area contributed by atoms with Gasteiger partial charge in [-0.15, -0.1) is 0 Å². The van der Waals surface area contributed by atoms with Gasteiger partial charge in [0.25, 0.3) is 0 Å². The van der Waals surface area contributed by atoms with E-state index in [-0.39, 0.29) is 0 Å². The lowest BCUT2D eigenvalue weighted by molar-refractivity contribution is 0.669. The smallest absolute Gasteiger partial charge is 0.159 e. The number of hydrogen-bond donors (Lipinski definition) is 0. The minimum Gasteiger partial charge on any atom is -0.454 e. The van der Waals surface area contributed by atoms with Crippen molar-refractivity contribution in [3.8, 4) is 39.1 Å². The summed E-state index contributed by atoms with van der Waals surface area (Å²) in [6, 6.07) is 92.4. The highest BCUT2D eigenvalue weighted by atomic mass is 16.3. The quantitative estimate of drug-likeness (QED) is 0.149. The van der Waals surface area contributed by atoms with Gasteiger partial charge in [0.15, 0.2) is 5.58 Å². The van der Waals surface area contributed by atoms with Gasteiger partial charge in [-0.3, -0.25) is 0 Å². The summed E-state index contributed by atoms with van der Waals surface area (Å²) in [5, 5.41) is 12.3. The summed E-state index contributed by atoms with van der Waals surface area (Å²) in [6.07, 6.45) is 0. The van der Waals surface area contributed by atoms with Gasteiger partial charge in [0.1, 0.15) is 5.58 Å². The molecule has 0 radical (unpaired) electrons. The molecule has 0 N–H and O–H groups in total. The van der Waals surface area contributed by atoms with E-state index >= 15 is 0 Å². The molecule has 14 rings (SSSR count). The Morgan fingerprint density at radius 3 is 1.35 bits per heavy atom. The van der Waals surface area contributed by atoms with Crippen molar-refractivity contribution in [1.29, 1.82) is 0 Å². The minimum atomic E-state index is 0.868. The van der Waals surface area contributed by atoms with E-state index in [4.69, 9.17) is 4.42 Å². The molecule has 3 nitrogen and oxygen atoms in total. The van der Waals surface area contributed by atoms with Crippen molar-refractivity contribution in [2.24, 2.45) is 0 Å². The Morgan fingerprint density at radius 1 is 0.275 bits per heavy atom. The lowest BCUT2D eigenvalue weighted by Gasteiger charge is -2.25. The van der Waals surface area contributed by atoms with Crippen molar-refractivity contribution >= 4 is 93.1 Å². The van der Waals surface area contributed by atoms with Gasteiger partial charge < -0.3 is 13.9 Å². The van der Waals surface area contributed by atoms with Crippen molar-refractivity contribution in [2.45, 2.75) is 0 Å². The number of hydrogen-bond acceptors (Lipinski definition) is 2. The van der Waals surface area contributed by atoms with Crippen LogP contribution in [-0.4, -0.2) is 4.57 Å². The predicted octanol–water partition coefficient (Wildman–Crippen LogP) is 18.6. The summed E-state index contributed by atoms with van der Waals surface area (Å²) in [6.45, 7) is 0. The summed E-state index contributed by atoms with van der Waals surface area (Å²) in [4.78, 5) is 2.30. The van der Waals surface area contributed by atoms with E-state index < -0.39 is 0 Å². The Kier molecular flexibility index (Phi) is 8.90. The molecule has 69 heavy (non-hydrogen) atoms. The first-order valence-electron chi connectivity index (χ1n) is 23.7. The lowest BCUT2D eigenvalue weighted by atomic mass is 9.94. The highest BCUT2D eigenvalue weighted by Gasteiger charge is 2.21. The lowest BCUT2D eigenvalue weighted by Crippen LogP contribution is -2.10. The Morgan fingerprint density at radius 2 is 0.725 bits per heavy atom. The summed E-state index contributed by atoms with van der Waals surface area (Å²) in [5.41, 5.74) is 15.5. The third kappa shape index (κ3) is 6.36. The zero-order chi connectivity index (χ0) is 45.4. The highest BCUT2D eigenvalue weighted by Crippen LogP contribution is 2.44. The molecular formula is C66H42N2O. The van der Waals surface area contributed by atoms with Crippen LogP contribution < -0.4 is 4.90 Å². The maximum absolute atomic E-state index is 6.58. The molecule has 14 aromatic rings. The fraction of sp³-hybridized carbons (Fsp3) is 0. The maximum Gasteiger partial charge on any atom is 0.159 e. The molecule has 2 heterocycles. The minimum absolute atomic E-state index is 0.868. The van der Waals surface area contributed by atoms with E-state index in [1.165, 1.54) is 76.4 Å². The SMILES string of the molecule is c1ccc(-c2ccc(-c3ccc4c(c3)c3cc(-c5ccc(N(c6ccccc6)c6cccc7c6oc6ccccc67)cc5)ccc3n4-c3ccc4c5ccccc5c5ccccc5c4c3)cc2)cc1. The van der Waals surface area contributed by atoms with Gasteiger partial charge in [-0.25, -0.2) is 0 Å². The standard InChI is InChI=1S/C66H42N2O/c1-3-14-43(15-4-1)44-26-28-45(29-27-44)47-32-38-62-60(40-47)61-41-48(33-39-63(61)68(62)51-36-37-56-54-20-8-7-18-52(54)53-19-9-10-21-55(53)59(56)42-51)46-30-34-50(35-31-46)67(49-16-5-2-6-17-49)64-24-13-23-58-57-22-11-12-25-65(57)69-66(58)64/h1-42H. The van der Waals surface area contributed by atoms with Crippen LogP contribution in [0.2, 0.25) is 0 Å². The molecule has 0 atom stereocenters. The van der Waals surface area contributed by atoms with Gasteiger partial charge in [-0.2, -0.15) is 0 Å². The zero-order valence-electron chi connectivity index (χ0n) is 37.6. The van der Waals surface area contributed by atoms with Crippen LogP contribution in [0.3, 0.4) is 0 Å². The van der Waals surface area contributed by atoms with Crippen LogP contribution in [0, 0.1) is 0 Å². The molecule has 0 saturated carbocycles. The van der Waals surface area contributed by atoms with Gasteiger partial charge in [0.2, 0.25) is 0 Å². The van der Waals surface area contributed by atoms with E-state index in [1.807, 2.05) is 12.1 Å². The number of nitrogens with zero attached hydrogens (tertiary/aromatic N) is 2. The molecule has 0 bridgehead atoms. The third-order valence-corrected chi connectivity index (χ3v) is 14.2. The molecule has 12 aromatic carbocycles. The molecule has 0 unspecified atom stereocenters. The Balaban J connectivity index is 0.924. The van der Waals surface area contributed by atoms with E-state index in [2.05, 4.69) is 252 Å². The molecule has 2 aromatic heterocycles. The molecule has 0 saturated heterocycles. The van der Waals surface area contributed by atoms with Crippen LogP contribution in [0.25, 0.3) is 115 Å². The van der Waals surface area contributed by atoms with Crippen LogP contribution in [0.5, 0.6) is 0 Å². The molecule has 0 aliphatic carbocycles. The van der Waals surface area contributed by atoms with Crippen LogP contribution in [0.1, 0.15) is 0 Å². The van der Waals surface area contributed by atoms with Crippen molar-refractivity contribution in [2.75, 3.05) is 4.90 Å². The van der Waals surface area contributed by atoms with Crippen LogP contribution >= 0.6 is 0 Å². The molecular weight excluding hydrogens is 837 g/mol. The fourth-order valence-electron chi connectivity index (χ4n) is 10.9. The van der Waals surface area contributed by atoms with E-state index in [9.17, 15) is 0 Å². The maximum atomic E-state index is 6.58. The molecule has 0 spiro atoms.